The molecule has 0 radical (unpaired) electrons. The molecule has 2 aromatic rings. The van der Waals surface area contributed by atoms with Gasteiger partial charge in [0.2, 0.25) is 0 Å². The molecule has 1 aromatic heterocycles. The zero-order valence-corrected chi connectivity index (χ0v) is 13.2. The summed E-state index contributed by atoms with van der Waals surface area (Å²) >= 11 is 0. The standard InChI is InChI=1S/C18H21N3O2/c1-12(23-15-5-3-9-20-11-15)18(22)21-17-6-2-4-13-10-14(19)7-8-16(13)17/h3,5,7-12,17H,2,4,6,19H2,1H3,(H,21,22). The maximum Gasteiger partial charge on any atom is 0.261 e. The molecule has 0 aliphatic heterocycles. The number of aromatic nitrogens is 1. The zero-order chi connectivity index (χ0) is 16.2. The Morgan fingerprint density at radius 2 is 2.30 bits per heavy atom. The van der Waals surface area contributed by atoms with E-state index in [1.807, 2.05) is 18.2 Å². The van der Waals surface area contributed by atoms with Crippen molar-refractivity contribution in [3.63, 3.8) is 0 Å². The summed E-state index contributed by atoms with van der Waals surface area (Å²) in [5.74, 6) is 0.468. The molecule has 2 atom stereocenters. The minimum Gasteiger partial charge on any atom is -0.479 e. The summed E-state index contributed by atoms with van der Waals surface area (Å²) in [6.45, 7) is 1.75. The molecule has 1 aromatic carbocycles. The Hall–Kier alpha value is -2.56. The minimum atomic E-state index is -0.571. The normalized spacial score (nSPS) is 17.9. The van der Waals surface area contributed by atoms with E-state index in [0.29, 0.717) is 5.75 Å². The van der Waals surface area contributed by atoms with Crippen LogP contribution in [0.1, 0.15) is 36.9 Å². The number of rotatable bonds is 4. The van der Waals surface area contributed by atoms with Gasteiger partial charge < -0.3 is 15.8 Å². The molecule has 120 valence electrons. The van der Waals surface area contributed by atoms with Crippen molar-refractivity contribution in [1.29, 1.82) is 0 Å². The Balaban J connectivity index is 1.67. The van der Waals surface area contributed by atoms with E-state index in [9.17, 15) is 4.79 Å². The third-order valence-corrected chi connectivity index (χ3v) is 4.11. The highest BCUT2D eigenvalue weighted by atomic mass is 16.5. The van der Waals surface area contributed by atoms with E-state index in [0.717, 1.165) is 30.5 Å². The van der Waals surface area contributed by atoms with E-state index >= 15 is 0 Å². The summed E-state index contributed by atoms with van der Waals surface area (Å²) in [5, 5.41) is 3.09. The number of amides is 1. The molecule has 0 fully saturated rings. The second-order valence-electron chi connectivity index (χ2n) is 5.86. The summed E-state index contributed by atoms with van der Waals surface area (Å²) < 4.78 is 5.63. The van der Waals surface area contributed by atoms with Crippen LogP contribution in [0.25, 0.3) is 0 Å². The highest BCUT2D eigenvalue weighted by Gasteiger charge is 2.24. The summed E-state index contributed by atoms with van der Waals surface area (Å²) in [6.07, 6.45) is 5.68. The fourth-order valence-corrected chi connectivity index (χ4v) is 2.95. The average molecular weight is 311 g/mol. The van der Waals surface area contributed by atoms with Crippen LogP contribution in [0.3, 0.4) is 0 Å². The Morgan fingerprint density at radius 1 is 1.43 bits per heavy atom. The van der Waals surface area contributed by atoms with Crippen LogP contribution in [-0.2, 0) is 11.2 Å². The van der Waals surface area contributed by atoms with Crippen molar-refractivity contribution < 1.29 is 9.53 Å². The summed E-state index contributed by atoms with van der Waals surface area (Å²) in [4.78, 5) is 16.4. The highest BCUT2D eigenvalue weighted by molar-refractivity contribution is 5.81. The lowest BCUT2D eigenvalue weighted by atomic mass is 9.87. The van der Waals surface area contributed by atoms with Gasteiger partial charge in [-0.05, 0) is 61.6 Å². The number of nitrogens with zero attached hydrogens (tertiary/aromatic N) is 1. The number of nitrogens with one attached hydrogen (secondary N) is 1. The first-order valence-corrected chi connectivity index (χ1v) is 7.89. The Labute approximate surface area is 135 Å². The van der Waals surface area contributed by atoms with Crippen molar-refractivity contribution in [1.82, 2.24) is 10.3 Å². The average Bonchev–Trinajstić information content (AvgIpc) is 2.55. The monoisotopic (exact) mass is 311 g/mol. The van der Waals surface area contributed by atoms with Crippen molar-refractivity contribution in [2.24, 2.45) is 0 Å². The molecule has 3 N–H and O–H groups in total. The number of carbonyl (C=O) groups excluding carboxylic acids is 1. The Bertz CT molecular complexity index is 688. The van der Waals surface area contributed by atoms with E-state index in [1.54, 1.807) is 31.5 Å². The van der Waals surface area contributed by atoms with E-state index in [-0.39, 0.29) is 11.9 Å². The maximum atomic E-state index is 12.4. The van der Waals surface area contributed by atoms with Crippen LogP contribution in [0.5, 0.6) is 5.75 Å². The van der Waals surface area contributed by atoms with Gasteiger partial charge in [-0.3, -0.25) is 9.78 Å². The van der Waals surface area contributed by atoms with Crippen molar-refractivity contribution in [2.45, 2.75) is 38.3 Å². The van der Waals surface area contributed by atoms with Gasteiger partial charge in [0.25, 0.3) is 5.91 Å². The third-order valence-electron chi connectivity index (χ3n) is 4.11. The predicted octanol–water partition coefficient (Wildman–Crippen LogP) is 2.62. The number of hydrogen-bond donors (Lipinski definition) is 2. The first-order valence-electron chi connectivity index (χ1n) is 7.89. The smallest absolute Gasteiger partial charge is 0.261 e. The topological polar surface area (TPSA) is 77.2 Å². The van der Waals surface area contributed by atoms with E-state index in [4.69, 9.17) is 10.5 Å². The van der Waals surface area contributed by atoms with Crippen molar-refractivity contribution in [3.05, 3.63) is 53.9 Å². The first-order chi connectivity index (χ1) is 11.1. The molecule has 1 amide bonds. The number of fused-ring (bicyclic) bond motifs is 1. The van der Waals surface area contributed by atoms with E-state index < -0.39 is 6.10 Å². The molecule has 3 rings (SSSR count). The molecular formula is C18H21N3O2. The van der Waals surface area contributed by atoms with Gasteiger partial charge in [-0.2, -0.15) is 0 Å². The minimum absolute atomic E-state index is 0.0202. The van der Waals surface area contributed by atoms with Crippen LogP contribution in [0, 0.1) is 0 Å². The number of carbonyl (C=O) groups is 1. The second-order valence-corrected chi connectivity index (χ2v) is 5.86. The second kappa shape index (κ2) is 6.69. The lowest BCUT2D eigenvalue weighted by Gasteiger charge is -2.27. The first kappa shape index (κ1) is 15.3. The molecule has 0 saturated carbocycles. The van der Waals surface area contributed by atoms with E-state index in [1.165, 1.54) is 5.56 Å². The van der Waals surface area contributed by atoms with Gasteiger partial charge in [0.1, 0.15) is 5.75 Å². The lowest BCUT2D eigenvalue weighted by Crippen LogP contribution is -2.39. The molecule has 0 spiro atoms. The fourth-order valence-electron chi connectivity index (χ4n) is 2.95. The molecule has 1 aliphatic rings. The number of hydrogen-bond acceptors (Lipinski definition) is 4. The number of pyridine rings is 1. The van der Waals surface area contributed by atoms with Crippen LogP contribution >= 0.6 is 0 Å². The van der Waals surface area contributed by atoms with Crippen LogP contribution in [0.15, 0.2) is 42.7 Å². The van der Waals surface area contributed by atoms with Crippen LogP contribution in [-0.4, -0.2) is 17.0 Å². The van der Waals surface area contributed by atoms with Crippen molar-refractivity contribution in [2.75, 3.05) is 5.73 Å². The molecular weight excluding hydrogens is 290 g/mol. The van der Waals surface area contributed by atoms with Gasteiger partial charge in [0, 0.05) is 11.9 Å². The molecule has 1 heterocycles. The molecule has 1 aliphatic carbocycles. The van der Waals surface area contributed by atoms with Gasteiger partial charge in [-0.1, -0.05) is 6.07 Å². The third kappa shape index (κ3) is 3.62. The summed E-state index contributed by atoms with van der Waals surface area (Å²) in [7, 11) is 0. The Kier molecular flexibility index (Phi) is 4.46. The van der Waals surface area contributed by atoms with Crippen LogP contribution < -0.4 is 15.8 Å². The largest absolute Gasteiger partial charge is 0.479 e. The van der Waals surface area contributed by atoms with Gasteiger partial charge >= 0.3 is 0 Å². The molecule has 5 heteroatoms. The molecule has 2 unspecified atom stereocenters. The molecule has 23 heavy (non-hydrogen) atoms. The number of nitrogens with two attached hydrogens (primary N) is 1. The highest BCUT2D eigenvalue weighted by Crippen LogP contribution is 2.31. The molecule has 0 bridgehead atoms. The molecule has 0 saturated heterocycles. The van der Waals surface area contributed by atoms with Gasteiger partial charge in [-0.25, -0.2) is 0 Å². The van der Waals surface area contributed by atoms with Gasteiger partial charge in [0.15, 0.2) is 6.10 Å². The lowest BCUT2D eigenvalue weighted by molar-refractivity contribution is -0.128. The summed E-state index contributed by atoms with van der Waals surface area (Å²) in [6, 6.07) is 9.49. The zero-order valence-electron chi connectivity index (χ0n) is 13.2. The number of aryl methyl sites for hydroxylation is 1. The molecule has 5 nitrogen and oxygen atoms in total. The van der Waals surface area contributed by atoms with Crippen molar-refractivity contribution >= 4 is 11.6 Å². The van der Waals surface area contributed by atoms with Gasteiger partial charge in [0.05, 0.1) is 12.2 Å². The number of benzene rings is 1. The summed E-state index contributed by atoms with van der Waals surface area (Å²) in [5.41, 5.74) is 9.00. The van der Waals surface area contributed by atoms with Gasteiger partial charge in [-0.15, -0.1) is 0 Å². The van der Waals surface area contributed by atoms with Crippen LogP contribution in [0.2, 0.25) is 0 Å². The fraction of sp³-hybridized carbons (Fsp3) is 0.333. The number of nitrogen functional groups attached to an aromatic ring is 1. The maximum absolute atomic E-state index is 12.4. The predicted molar refractivity (Wildman–Crippen MR) is 89.0 cm³/mol. The number of ether oxygens (including phenoxy) is 1. The number of anilines is 1. The SMILES string of the molecule is CC(Oc1cccnc1)C(=O)NC1CCCc2cc(N)ccc21. The quantitative estimate of drug-likeness (QED) is 0.851. The van der Waals surface area contributed by atoms with Crippen molar-refractivity contribution in [3.8, 4) is 5.75 Å². The Morgan fingerprint density at radius 3 is 3.09 bits per heavy atom. The van der Waals surface area contributed by atoms with Crippen LogP contribution in [0.4, 0.5) is 5.69 Å². The van der Waals surface area contributed by atoms with E-state index in [2.05, 4.69) is 10.3 Å².